The minimum atomic E-state index is -0.384. The standard InChI is InChI=1S/C18H14ClN5O2/c1-21-18(26)12-7-10(4-5-13(12)19)14-9-23-17(20)15(24-14)16(25)11-3-2-6-22-8-11/h2-9H,1H3,(H2,20,23)(H,21,26). The highest BCUT2D eigenvalue weighted by atomic mass is 35.5. The Morgan fingerprint density at radius 1 is 1.19 bits per heavy atom. The van der Waals surface area contributed by atoms with E-state index in [9.17, 15) is 9.59 Å². The minimum Gasteiger partial charge on any atom is -0.382 e. The molecule has 3 rings (SSSR count). The van der Waals surface area contributed by atoms with Gasteiger partial charge in [0.2, 0.25) is 5.78 Å². The molecule has 0 aliphatic carbocycles. The van der Waals surface area contributed by atoms with Crippen molar-refractivity contribution in [2.45, 2.75) is 0 Å². The van der Waals surface area contributed by atoms with E-state index in [0.29, 0.717) is 27.4 Å². The van der Waals surface area contributed by atoms with E-state index in [0.717, 1.165) is 0 Å². The van der Waals surface area contributed by atoms with Crippen LogP contribution in [0.4, 0.5) is 5.82 Å². The molecule has 0 radical (unpaired) electrons. The van der Waals surface area contributed by atoms with Crippen molar-refractivity contribution in [1.82, 2.24) is 20.3 Å². The number of halogens is 1. The lowest BCUT2D eigenvalue weighted by atomic mass is 10.1. The van der Waals surface area contributed by atoms with E-state index in [2.05, 4.69) is 20.3 Å². The highest BCUT2D eigenvalue weighted by Gasteiger charge is 2.18. The molecule has 0 aliphatic heterocycles. The number of anilines is 1. The van der Waals surface area contributed by atoms with E-state index in [1.807, 2.05) is 0 Å². The van der Waals surface area contributed by atoms with Gasteiger partial charge in [-0.2, -0.15) is 0 Å². The summed E-state index contributed by atoms with van der Waals surface area (Å²) in [6.07, 6.45) is 4.44. The van der Waals surface area contributed by atoms with Gasteiger partial charge >= 0.3 is 0 Å². The largest absolute Gasteiger partial charge is 0.382 e. The first kappa shape index (κ1) is 17.5. The highest BCUT2D eigenvalue weighted by molar-refractivity contribution is 6.34. The summed E-state index contributed by atoms with van der Waals surface area (Å²) in [6.45, 7) is 0. The number of amides is 1. The molecule has 130 valence electrons. The Balaban J connectivity index is 2.06. The van der Waals surface area contributed by atoms with Crippen molar-refractivity contribution in [1.29, 1.82) is 0 Å². The molecule has 3 N–H and O–H groups in total. The Hall–Kier alpha value is -3.32. The van der Waals surface area contributed by atoms with Gasteiger partial charge in [-0.25, -0.2) is 9.97 Å². The summed E-state index contributed by atoms with van der Waals surface area (Å²) in [5, 5.41) is 2.83. The summed E-state index contributed by atoms with van der Waals surface area (Å²) in [5.41, 5.74) is 7.48. The zero-order chi connectivity index (χ0) is 18.7. The zero-order valence-electron chi connectivity index (χ0n) is 13.7. The molecule has 0 fully saturated rings. The lowest BCUT2D eigenvalue weighted by Gasteiger charge is -2.09. The first-order valence-electron chi connectivity index (χ1n) is 7.60. The Labute approximate surface area is 154 Å². The number of pyridine rings is 1. The fraction of sp³-hybridized carbons (Fsp3) is 0.0556. The monoisotopic (exact) mass is 367 g/mol. The van der Waals surface area contributed by atoms with Crippen molar-refractivity contribution < 1.29 is 9.59 Å². The first-order valence-corrected chi connectivity index (χ1v) is 7.98. The van der Waals surface area contributed by atoms with Crippen LogP contribution in [0.15, 0.2) is 48.9 Å². The van der Waals surface area contributed by atoms with Crippen molar-refractivity contribution in [3.05, 3.63) is 70.8 Å². The summed E-state index contributed by atoms with van der Waals surface area (Å²) >= 11 is 6.07. The lowest BCUT2D eigenvalue weighted by molar-refractivity contribution is 0.0962. The summed E-state index contributed by atoms with van der Waals surface area (Å²) < 4.78 is 0. The maximum atomic E-state index is 12.6. The second kappa shape index (κ2) is 7.28. The third-order valence-corrected chi connectivity index (χ3v) is 4.00. The van der Waals surface area contributed by atoms with Crippen LogP contribution in [0.5, 0.6) is 0 Å². The highest BCUT2D eigenvalue weighted by Crippen LogP contribution is 2.25. The predicted octanol–water partition coefficient (Wildman–Crippen LogP) is 2.36. The van der Waals surface area contributed by atoms with E-state index >= 15 is 0 Å². The number of carbonyl (C=O) groups excluding carboxylic acids is 2. The van der Waals surface area contributed by atoms with Crippen LogP contribution in [0.3, 0.4) is 0 Å². The molecule has 0 saturated heterocycles. The maximum absolute atomic E-state index is 12.6. The topological polar surface area (TPSA) is 111 Å². The number of rotatable bonds is 4. The number of nitrogens with two attached hydrogens (primary N) is 1. The normalized spacial score (nSPS) is 10.4. The van der Waals surface area contributed by atoms with Gasteiger partial charge in [0.15, 0.2) is 11.5 Å². The van der Waals surface area contributed by atoms with E-state index in [4.69, 9.17) is 17.3 Å². The minimum absolute atomic E-state index is 0.0168. The van der Waals surface area contributed by atoms with Gasteiger partial charge in [0.1, 0.15) is 0 Å². The maximum Gasteiger partial charge on any atom is 0.252 e. The number of hydrogen-bond donors (Lipinski definition) is 2. The fourth-order valence-corrected chi connectivity index (χ4v) is 2.54. The molecule has 2 heterocycles. The third kappa shape index (κ3) is 3.38. The Kier molecular flexibility index (Phi) is 4.90. The first-order chi connectivity index (χ1) is 12.5. The van der Waals surface area contributed by atoms with Crippen LogP contribution < -0.4 is 11.1 Å². The van der Waals surface area contributed by atoms with E-state index in [-0.39, 0.29) is 23.2 Å². The predicted molar refractivity (Wildman–Crippen MR) is 98.0 cm³/mol. The second-order valence-electron chi connectivity index (χ2n) is 5.33. The van der Waals surface area contributed by atoms with E-state index in [1.54, 1.807) is 36.5 Å². The van der Waals surface area contributed by atoms with Crippen LogP contribution in [0.25, 0.3) is 11.3 Å². The molecule has 0 unspecified atom stereocenters. The Morgan fingerprint density at radius 2 is 2.00 bits per heavy atom. The SMILES string of the molecule is CNC(=O)c1cc(-c2cnc(N)c(C(=O)c3cccnc3)n2)ccc1Cl. The molecular formula is C18H14ClN5O2. The number of nitrogens with zero attached hydrogens (tertiary/aromatic N) is 3. The van der Waals surface area contributed by atoms with Gasteiger partial charge in [0, 0.05) is 30.6 Å². The molecule has 2 aromatic heterocycles. The van der Waals surface area contributed by atoms with Gasteiger partial charge in [-0.1, -0.05) is 17.7 Å². The van der Waals surface area contributed by atoms with Crippen molar-refractivity contribution in [2.75, 3.05) is 12.8 Å². The van der Waals surface area contributed by atoms with Crippen LogP contribution in [0.1, 0.15) is 26.4 Å². The van der Waals surface area contributed by atoms with Gasteiger partial charge in [0.25, 0.3) is 5.91 Å². The van der Waals surface area contributed by atoms with Gasteiger partial charge < -0.3 is 11.1 Å². The molecule has 0 spiro atoms. The number of hydrogen-bond acceptors (Lipinski definition) is 6. The van der Waals surface area contributed by atoms with Crippen LogP contribution in [-0.4, -0.2) is 33.7 Å². The van der Waals surface area contributed by atoms with Crippen molar-refractivity contribution >= 4 is 29.1 Å². The molecule has 0 atom stereocenters. The number of carbonyl (C=O) groups is 2. The fourth-order valence-electron chi connectivity index (χ4n) is 2.33. The molecule has 1 aromatic carbocycles. The lowest BCUT2D eigenvalue weighted by Crippen LogP contribution is -2.18. The van der Waals surface area contributed by atoms with Gasteiger partial charge in [-0.15, -0.1) is 0 Å². The summed E-state index contributed by atoms with van der Waals surface area (Å²) in [4.78, 5) is 36.9. The number of nitrogens with one attached hydrogen (secondary N) is 1. The van der Waals surface area contributed by atoms with Crippen molar-refractivity contribution in [3.63, 3.8) is 0 Å². The molecular weight excluding hydrogens is 354 g/mol. The van der Waals surface area contributed by atoms with Crippen molar-refractivity contribution in [2.24, 2.45) is 0 Å². The number of aromatic nitrogens is 3. The van der Waals surface area contributed by atoms with Crippen LogP contribution in [0, 0.1) is 0 Å². The molecule has 0 saturated carbocycles. The van der Waals surface area contributed by atoms with Crippen LogP contribution in [-0.2, 0) is 0 Å². The Bertz CT molecular complexity index is 992. The van der Waals surface area contributed by atoms with Gasteiger partial charge in [-0.3, -0.25) is 14.6 Å². The van der Waals surface area contributed by atoms with E-state index < -0.39 is 0 Å². The zero-order valence-corrected chi connectivity index (χ0v) is 14.5. The molecule has 1 amide bonds. The smallest absolute Gasteiger partial charge is 0.252 e. The quantitative estimate of drug-likeness (QED) is 0.685. The molecule has 3 aromatic rings. The number of nitrogen functional groups attached to an aromatic ring is 1. The second-order valence-corrected chi connectivity index (χ2v) is 5.74. The average Bonchev–Trinajstić information content (AvgIpc) is 2.68. The molecule has 8 heteroatoms. The Morgan fingerprint density at radius 3 is 2.69 bits per heavy atom. The molecule has 0 bridgehead atoms. The summed E-state index contributed by atoms with van der Waals surface area (Å²) in [5.74, 6) is -0.694. The van der Waals surface area contributed by atoms with Gasteiger partial charge in [0.05, 0.1) is 22.5 Å². The van der Waals surface area contributed by atoms with Crippen molar-refractivity contribution in [3.8, 4) is 11.3 Å². The number of ketones is 1. The third-order valence-electron chi connectivity index (χ3n) is 3.67. The van der Waals surface area contributed by atoms with Crippen LogP contribution in [0.2, 0.25) is 5.02 Å². The number of benzene rings is 1. The molecule has 0 aliphatic rings. The van der Waals surface area contributed by atoms with E-state index in [1.165, 1.54) is 19.4 Å². The van der Waals surface area contributed by atoms with Crippen LogP contribution >= 0.6 is 11.6 Å². The molecule has 7 nitrogen and oxygen atoms in total. The van der Waals surface area contributed by atoms with Gasteiger partial charge in [-0.05, 0) is 24.3 Å². The summed E-state index contributed by atoms with van der Waals surface area (Å²) in [6, 6.07) is 8.12. The average molecular weight is 368 g/mol. The summed E-state index contributed by atoms with van der Waals surface area (Å²) in [7, 11) is 1.51. The molecule has 26 heavy (non-hydrogen) atoms.